The molecule has 0 radical (unpaired) electrons. The molecule has 1 aliphatic heterocycles. The molecule has 0 spiro atoms. The monoisotopic (exact) mass is 277 g/mol. The first-order valence-corrected chi connectivity index (χ1v) is 7.52. The lowest BCUT2D eigenvalue weighted by Crippen LogP contribution is -2.52. The van der Waals surface area contributed by atoms with E-state index in [1.54, 1.807) is 7.11 Å². The Morgan fingerprint density at radius 3 is 3.00 bits per heavy atom. The van der Waals surface area contributed by atoms with Crippen molar-refractivity contribution in [1.82, 2.24) is 10.6 Å². The summed E-state index contributed by atoms with van der Waals surface area (Å²) in [6, 6.07) is 7.28. The average molecular weight is 277 g/mol. The van der Waals surface area contributed by atoms with E-state index in [4.69, 9.17) is 4.74 Å². The number of methoxy groups -OCH3 is 1. The number of nitrogens with one attached hydrogen (secondary N) is 2. The zero-order chi connectivity index (χ0) is 14.4. The minimum Gasteiger partial charge on any atom is -0.383 e. The second kappa shape index (κ2) is 7.62. The molecule has 0 saturated carbocycles. The lowest BCUT2D eigenvalue weighted by atomic mass is 10.0. The van der Waals surface area contributed by atoms with E-state index in [1.165, 1.54) is 16.8 Å². The number of hydrogen-bond donors (Lipinski definition) is 2. The Morgan fingerprint density at radius 2 is 2.30 bits per heavy atom. The molecule has 0 aromatic heterocycles. The van der Waals surface area contributed by atoms with Crippen LogP contribution >= 0.6 is 0 Å². The summed E-state index contributed by atoms with van der Waals surface area (Å²) < 4.78 is 5.28. The molecule has 112 valence electrons. The molecule has 2 rings (SSSR count). The fourth-order valence-electron chi connectivity index (χ4n) is 2.86. The van der Waals surface area contributed by atoms with Crippen molar-refractivity contribution in [1.29, 1.82) is 0 Å². The fraction of sp³-hybridized carbons (Fsp3) is 0.625. The molecule has 0 bridgehead atoms. The maximum atomic E-state index is 5.28. The molecule has 4 nitrogen and oxygen atoms in total. The lowest BCUT2D eigenvalue weighted by Gasteiger charge is -2.36. The molecule has 1 unspecified atom stereocenters. The molecule has 1 atom stereocenters. The average Bonchev–Trinajstić information content (AvgIpc) is 2.48. The van der Waals surface area contributed by atoms with Gasteiger partial charge in [0.2, 0.25) is 0 Å². The summed E-state index contributed by atoms with van der Waals surface area (Å²) in [6.45, 7) is 6.98. The van der Waals surface area contributed by atoms with Crippen LogP contribution in [0.4, 0.5) is 5.69 Å². The molecule has 1 heterocycles. The van der Waals surface area contributed by atoms with Gasteiger partial charge in [0, 0.05) is 45.0 Å². The third-order valence-corrected chi connectivity index (χ3v) is 3.88. The third-order valence-electron chi connectivity index (χ3n) is 3.88. The zero-order valence-corrected chi connectivity index (χ0v) is 12.9. The molecule has 0 aliphatic carbocycles. The van der Waals surface area contributed by atoms with E-state index in [-0.39, 0.29) is 0 Å². The summed E-state index contributed by atoms with van der Waals surface area (Å²) in [5.41, 5.74) is 4.16. The largest absolute Gasteiger partial charge is 0.383 e. The molecular formula is C16H27N3O. The van der Waals surface area contributed by atoms with Gasteiger partial charge in [-0.25, -0.2) is 0 Å². The van der Waals surface area contributed by atoms with Gasteiger partial charge in [-0.15, -0.1) is 0 Å². The maximum Gasteiger partial charge on any atom is 0.0633 e. The normalized spacial score (nSPS) is 19.4. The van der Waals surface area contributed by atoms with Crippen LogP contribution in [-0.2, 0) is 17.7 Å². The quantitative estimate of drug-likeness (QED) is 0.824. The van der Waals surface area contributed by atoms with Gasteiger partial charge in [0.05, 0.1) is 6.61 Å². The summed E-state index contributed by atoms with van der Waals surface area (Å²) in [5.74, 6) is 0. The van der Waals surface area contributed by atoms with Crippen LogP contribution in [0.2, 0.25) is 0 Å². The number of rotatable bonds is 6. The van der Waals surface area contributed by atoms with Gasteiger partial charge in [-0.3, -0.25) is 0 Å². The number of ether oxygens (including phenoxy) is 1. The third kappa shape index (κ3) is 3.72. The van der Waals surface area contributed by atoms with Crippen molar-refractivity contribution >= 4 is 5.69 Å². The molecule has 4 heteroatoms. The van der Waals surface area contributed by atoms with Gasteiger partial charge in [-0.1, -0.05) is 19.1 Å². The van der Waals surface area contributed by atoms with E-state index in [0.29, 0.717) is 6.04 Å². The number of aryl methyl sites for hydroxylation is 1. The minimum absolute atomic E-state index is 0.419. The first-order valence-electron chi connectivity index (χ1n) is 7.52. The Morgan fingerprint density at radius 1 is 1.45 bits per heavy atom. The molecule has 1 fully saturated rings. The Hall–Kier alpha value is -1.10. The van der Waals surface area contributed by atoms with Gasteiger partial charge in [-0.05, 0) is 30.7 Å². The Balaban J connectivity index is 2.17. The number of piperazine rings is 1. The van der Waals surface area contributed by atoms with E-state index in [2.05, 4.69) is 40.7 Å². The van der Waals surface area contributed by atoms with Crippen molar-refractivity contribution in [3.8, 4) is 0 Å². The smallest absolute Gasteiger partial charge is 0.0633 e. The highest BCUT2D eigenvalue weighted by molar-refractivity contribution is 5.55. The first kappa shape index (κ1) is 15.3. The topological polar surface area (TPSA) is 36.5 Å². The number of hydrogen-bond acceptors (Lipinski definition) is 4. The van der Waals surface area contributed by atoms with Crippen LogP contribution in [-0.4, -0.2) is 46.4 Å². The van der Waals surface area contributed by atoms with E-state index >= 15 is 0 Å². The first-order chi connectivity index (χ1) is 9.78. The fourth-order valence-corrected chi connectivity index (χ4v) is 2.86. The van der Waals surface area contributed by atoms with Crippen molar-refractivity contribution < 1.29 is 4.74 Å². The predicted octanol–water partition coefficient (Wildman–Crippen LogP) is 1.39. The number of nitrogens with zero attached hydrogens (tertiary/aromatic N) is 1. The van der Waals surface area contributed by atoms with Crippen molar-refractivity contribution in [3.63, 3.8) is 0 Å². The minimum atomic E-state index is 0.419. The van der Waals surface area contributed by atoms with Gasteiger partial charge in [0.15, 0.2) is 0 Å². The molecule has 1 saturated heterocycles. The summed E-state index contributed by atoms with van der Waals surface area (Å²) in [6.07, 6.45) is 1.09. The van der Waals surface area contributed by atoms with Crippen molar-refractivity contribution in [2.75, 3.05) is 45.3 Å². The van der Waals surface area contributed by atoms with E-state index < -0.39 is 0 Å². The van der Waals surface area contributed by atoms with Gasteiger partial charge in [0.25, 0.3) is 0 Å². The van der Waals surface area contributed by atoms with Crippen LogP contribution in [0.25, 0.3) is 0 Å². The van der Waals surface area contributed by atoms with Crippen molar-refractivity contribution in [2.24, 2.45) is 0 Å². The van der Waals surface area contributed by atoms with Crippen molar-refractivity contribution in [2.45, 2.75) is 25.9 Å². The van der Waals surface area contributed by atoms with Crippen molar-refractivity contribution in [3.05, 3.63) is 29.3 Å². The van der Waals surface area contributed by atoms with Crippen LogP contribution in [0.5, 0.6) is 0 Å². The molecule has 20 heavy (non-hydrogen) atoms. The van der Waals surface area contributed by atoms with Gasteiger partial charge in [0.1, 0.15) is 0 Å². The molecule has 1 aliphatic rings. The SMILES string of the molecule is CCc1ccc(N2CCNC(COC)C2)c(CNC)c1. The molecular weight excluding hydrogens is 250 g/mol. The maximum absolute atomic E-state index is 5.28. The highest BCUT2D eigenvalue weighted by atomic mass is 16.5. The van der Waals surface area contributed by atoms with Crippen LogP contribution in [0.1, 0.15) is 18.1 Å². The van der Waals surface area contributed by atoms with Gasteiger partial charge in [-0.2, -0.15) is 0 Å². The Labute approximate surface area is 122 Å². The molecule has 1 aromatic rings. The number of benzene rings is 1. The summed E-state index contributed by atoms with van der Waals surface area (Å²) in [4.78, 5) is 2.48. The Bertz CT molecular complexity index is 420. The highest BCUT2D eigenvalue weighted by Gasteiger charge is 2.21. The highest BCUT2D eigenvalue weighted by Crippen LogP contribution is 2.23. The Kier molecular flexibility index (Phi) is 5.83. The van der Waals surface area contributed by atoms with Crippen LogP contribution in [0.15, 0.2) is 18.2 Å². The second-order valence-electron chi connectivity index (χ2n) is 5.40. The van der Waals surface area contributed by atoms with Crippen LogP contribution in [0.3, 0.4) is 0 Å². The summed E-state index contributed by atoms with van der Waals surface area (Å²) in [5, 5.41) is 6.80. The zero-order valence-electron chi connectivity index (χ0n) is 12.9. The van der Waals surface area contributed by atoms with Gasteiger partial charge >= 0.3 is 0 Å². The summed E-state index contributed by atoms with van der Waals surface area (Å²) >= 11 is 0. The summed E-state index contributed by atoms with van der Waals surface area (Å²) in [7, 11) is 3.77. The van der Waals surface area contributed by atoms with E-state index in [1.807, 2.05) is 7.05 Å². The molecule has 0 amide bonds. The molecule has 2 N–H and O–H groups in total. The van der Waals surface area contributed by atoms with Crippen LogP contribution in [0, 0.1) is 0 Å². The standard InChI is InChI=1S/C16H27N3O/c1-4-13-5-6-16(14(9-13)10-17-2)19-8-7-18-15(11-19)12-20-3/h5-6,9,15,17-18H,4,7-8,10-12H2,1-3H3. The van der Waals surface area contributed by atoms with E-state index in [9.17, 15) is 0 Å². The van der Waals surface area contributed by atoms with E-state index in [0.717, 1.165) is 39.2 Å². The second-order valence-corrected chi connectivity index (χ2v) is 5.40. The van der Waals surface area contributed by atoms with Crippen LogP contribution < -0.4 is 15.5 Å². The van der Waals surface area contributed by atoms with Gasteiger partial charge < -0.3 is 20.3 Å². The number of anilines is 1. The predicted molar refractivity (Wildman–Crippen MR) is 84.5 cm³/mol. The molecule has 1 aromatic carbocycles. The lowest BCUT2D eigenvalue weighted by molar-refractivity contribution is 0.163.